The molecule has 0 saturated carbocycles. The Balaban J connectivity index is 1.52. The molecule has 2 saturated heterocycles. The van der Waals surface area contributed by atoms with Crippen molar-refractivity contribution in [2.75, 3.05) is 32.8 Å². The zero-order chi connectivity index (χ0) is 14.8. The molecule has 0 amide bonds. The fourth-order valence-electron chi connectivity index (χ4n) is 4.09. The molecule has 3 rings (SSSR count). The number of rotatable bonds is 4. The molecule has 2 aliphatic heterocycles. The predicted molar refractivity (Wildman–Crippen MR) is 82.9 cm³/mol. The van der Waals surface area contributed by atoms with Crippen LogP contribution in [0.3, 0.4) is 0 Å². The first-order valence-corrected chi connectivity index (χ1v) is 8.21. The highest BCUT2D eigenvalue weighted by Gasteiger charge is 2.34. The Hall–Kier alpha value is -0.910. The predicted octanol–water partition coefficient (Wildman–Crippen LogP) is 0.768. The van der Waals surface area contributed by atoms with Crippen LogP contribution in [-0.2, 0) is 13.6 Å². The molecule has 2 atom stereocenters. The van der Waals surface area contributed by atoms with Crippen LogP contribution in [0.2, 0.25) is 0 Å². The van der Waals surface area contributed by atoms with Crippen molar-refractivity contribution < 1.29 is 5.11 Å². The number of likely N-dealkylation sites (tertiary alicyclic amines) is 1. The fourth-order valence-corrected chi connectivity index (χ4v) is 4.09. The standard InChI is InChI=1S/C16H28N4O/c1-12-7-15(19(2)18-12)10-20-5-3-13(4-6-20)16-9-17-8-14(16)11-21/h7,13-14,16-17,21H,3-6,8-11H2,1-2H3/t14-,16-/m0/s1. The highest BCUT2D eigenvalue weighted by Crippen LogP contribution is 2.32. The third-order valence-electron chi connectivity index (χ3n) is 5.35. The van der Waals surface area contributed by atoms with Crippen LogP contribution >= 0.6 is 0 Å². The summed E-state index contributed by atoms with van der Waals surface area (Å²) >= 11 is 0. The molecule has 0 aliphatic carbocycles. The van der Waals surface area contributed by atoms with Gasteiger partial charge in [0.1, 0.15) is 0 Å². The number of aliphatic hydroxyl groups is 1. The van der Waals surface area contributed by atoms with Gasteiger partial charge in [0, 0.05) is 26.7 Å². The zero-order valence-corrected chi connectivity index (χ0v) is 13.3. The van der Waals surface area contributed by atoms with Crippen molar-refractivity contribution in [3.05, 3.63) is 17.5 Å². The van der Waals surface area contributed by atoms with Gasteiger partial charge in [-0.15, -0.1) is 0 Å². The summed E-state index contributed by atoms with van der Waals surface area (Å²) in [5.74, 6) is 1.93. The molecule has 118 valence electrons. The van der Waals surface area contributed by atoms with Gasteiger partial charge in [0.05, 0.1) is 11.4 Å². The quantitative estimate of drug-likeness (QED) is 0.861. The minimum atomic E-state index is 0.339. The van der Waals surface area contributed by atoms with E-state index in [0.717, 1.165) is 31.2 Å². The van der Waals surface area contributed by atoms with Crippen LogP contribution in [0.5, 0.6) is 0 Å². The van der Waals surface area contributed by atoms with E-state index in [4.69, 9.17) is 0 Å². The Kier molecular flexibility index (Phi) is 4.62. The second kappa shape index (κ2) is 6.46. The van der Waals surface area contributed by atoms with Crippen molar-refractivity contribution in [1.29, 1.82) is 0 Å². The summed E-state index contributed by atoms with van der Waals surface area (Å²) in [6, 6.07) is 2.19. The van der Waals surface area contributed by atoms with Gasteiger partial charge in [0.25, 0.3) is 0 Å². The van der Waals surface area contributed by atoms with Crippen LogP contribution in [0.15, 0.2) is 6.07 Å². The van der Waals surface area contributed by atoms with Crippen LogP contribution in [0.4, 0.5) is 0 Å². The van der Waals surface area contributed by atoms with Gasteiger partial charge in [0.15, 0.2) is 0 Å². The molecule has 2 fully saturated rings. The molecule has 0 bridgehead atoms. The van der Waals surface area contributed by atoms with Gasteiger partial charge in [-0.2, -0.15) is 5.10 Å². The van der Waals surface area contributed by atoms with Crippen LogP contribution in [0.25, 0.3) is 0 Å². The lowest BCUT2D eigenvalue weighted by atomic mass is 9.79. The maximum absolute atomic E-state index is 9.49. The minimum Gasteiger partial charge on any atom is -0.396 e. The van der Waals surface area contributed by atoms with Crippen molar-refractivity contribution in [1.82, 2.24) is 20.0 Å². The van der Waals surface area contributed by atoms with E-state index >= 15 is 0 Å². The average Bonchev–Trinajstić information content (AvgIpc) is 3.06. The van der Waals surface area contributed by atoms with Gasteiger partial charge in [0.2, 0.25) is 0 Å². The molecular formula is C16H28N4O. The third kappa shape index (κ3) is 3.30. The number of piperidine rings is 1. The molecule has 0 radical (unpaired) electrons. The summed E-state index contributed by atoms with van der Waals surface area (Å²) < 4.78 is 2.00. The van der Waals surface area contributed by atoms with E-state index in [1.807, 2.05) is 11.7 Å². The number of aryl methyl sites for hydroxylation is 2. The Morgan fingerprint density at radius 2 is 2.10 bits per heavy atom. The van der Waals surface area contributed by atoms with E-state index in [-0.39, 0.29) is 0 Å². The molecule has 0 spiro atoms. The van der Waals surface area contributed by atoms with Gasteiger partial charge in [-0.1, -0.05) is 0 Å². The van der Waals surface area contributed by atoms with Crippen molar-refractivity contribution in [2.45, 2.75) is 26.3 Å². The van der Waals surface area contributed by atoms with Crippen LogP contribution in [0, 0.1) is 24.7 Å². The number of aliphatic hydroxyl groups excluding tert-OH is 1. The molecule has 1 aromatic heterocycles. The van der Waals surface area contributed by atoms with Gasteiger partial charge in [-0.25, -0.2) is 0 Å². The number of nitrogens with zero attached hydrogens (tertiary/aromatic N) is 3. The van der Waals surface area contributed by atoms with Crippen LogP contribution < -0.4 is 5.32 Å². The SMILES string of the molecule is Cc1cc(CN2CCC([C@@H]3CNC[C@H]3CO)CC2)n(C)n1. The molecule has 5 nitrogen and oxygen atoms in total. The number of nitrogens with one attached hydrogen (secondary N) is 1. The molecule has 3 heterocycles. The minimum absolute atomic E-state index is 0.339. The Morgan fingerprint density at radius 1 is 1.33 bits per heavy atom. The molecular weight excluding hydrogens is 264 g/mol. The molecule has 1 aromatic rings. The summed E-state index contributed by atoms with van der Waals surface area (Å²) in [7, 11) is 2.03. The number of hydrogen-bond donors (Lipinski definition) is 2. The Bertz CT molecular complexity index is 465. The summed E-state index contributed by atoms with van der Waals surface area (Å²) in [4.78, 5) is 2.54. The zero-order valence-electron chi connectivity index (χ0n) is 13.3. The molecule has 21 heavy (non-hydrogen) atoms. The van der Waals surface area contributed by atoms with E-state index in [1.165, 1.54) is 31.6 Å². The van der Waals surface area contributed by atoms with Gasteiger partial charge in [-0.3, -0.25) is 9.58 Å². The first-order chi connectivity index (χ1) is 10.2. The monoisotopic (exact) mass is 292 g/mol. The molecule has 0 unspecified atom stereocenters. The van der Waals surface area contributed by atoms with E-state index in [0.29, 0.717) is 18.4 Å². The smallest absolute Gasteiger partial charge is 0.0597 e. The van der Waals surface area contributed by atoms with E-state index in [2.05, 4.69) is 28.3 Å². The maximum Gasteiger partial charge on any atom is 0.0597 e. The topological polar surface area (TPSA) is 53.3 Å². The van der Waals surface area contributed by atoms with Crippen LogP contribution in [0.1, 0.15) is 24.2 Å². The first kappa shape index (κ1) is 15.0. The van der Waals surface area contributed by atoms with E-state index < -0.39 is 0 Å². The van der Waals surface area contributed by atoms with Crippen molar-refractivity contribution in [3.63, 3.8) is 0 Å². The first-order valence-electron chi connectivity index (χ1n) is 8.21. The van der Waals surface area contributed by atoms with Crippen molar-refractivity contribution in [2.24, 2.45) is 24.8 Å². The lowest BCUT2D eigenvalue weighted by Crippen LogP contribution is -2.38. The van der Waals surface area contributed by atoms with Crippen molar-refractivity contribution >= 4 is 0 Å². The summed E-state index contributed by atoms with van der Waals surface area (Å²) in [6.07, 6.45) is 2.53. The lowest BCUT2D eigenvalue weighted by Gasteiger charge is -2.36. The van der Waals surface area contributed by atoms with E-state index in [1.54, 1.807) is 0 Å². The highest BCUT2D eigenvalue weighted by molar-refractivity contribution is 5.08. The lowest BCUT2D eigenvalue weighted by molar-refractivity contribution is 0.107. The summed E-state index contributed by atoms with van der Waals surface area (Å²) in [6.45, 7) is 7.83. The Morgan fingerprint density at radius 3 is 2.71 bits per heavy atom. The average molecular weight is 292 g/mol. The molecule has 0 aromatic carbocycles. The Labute approximate surface area is 127 Å². The fraction of sp³-hybridized carbons (Fsp3) is 0.812. The maximum atomic E-state index is 9.49. The largest absolute Gasteiger partial charge is 0.396 e. The van der Waals surface area contributed by atoms with Gasteiger partial charge >= 0.3 is 0 Å². The summed E-state index contributed by atoms with van der Waals surface area (Å²) in [5.41, 5.74) is 2.41. The second-order valence-electron chi connectivity index (χ2n) is 6.78. The number of aromatic nitrogens is 2. The third-order valence-corrected chi connectivity index (χ3v) is 5.35. The van der Waals surface area contributed by atoms with Gasteiger partial charge in [-0.05, 0) is 63.2 Å². The van der Waals surface area contributed by atoms with Gasteiger partial charge < -0.3 is 10.4 Å². The summed E-state index contributed by atoms with van der Waals surface area (Å²) in [5, 5.41) is 17.4. The highest BCUT2D eigenvalue weighted by atomic mass is 16.3. The number of hydrogen-bond acceptors (Lipinski definition) is 4. The van der Waals surface area contributed by atoms with Crippen molar-refractivity contribution in [3.8, 4) is 0 Å². The van der Waals surface area contributed by atoms with E-state index in [9.17, 15) is 5.11 Å². The van der Waals surface area contributed by atoms with Crippen LogP contribution in [-0.4, -0.2) is 52.6 Å². The molecule has 2 aliphatic rings. The second-order valence-corrected chi connectivity index (χ2v) is 6.78. The molecule has 2 N–H and O–H groups in total. The molecule has 5 heteroatoms. The normalized spacial score (nSPS) is 28.3.